The van der Waals surface area contributed by atoms with Crippen molar-refractivity contribution in [2.24, 2.45) is 5.92 Å². The summed E-state index contributed by atoms with van der Waals surface area (Å²) in [4.78, 5) is 18.0. The van der Waals surface area contributed by atoms with Crippen LogP contribution in [0.2, 0.25) is 5.02 Å². The topological polar surface area (TPSA) is 62.5 Å². The standard InChI is InChI=1S/C15H20ClN5O/c1-20(7-5-11-2-3-11)15(22)17-6-4-12-8-18-14-13(16)9-19-21(14)10-12/h8-11H,2-7H2,1H3,(H,17,22). The van der Waals surface area contributed by atoms with E-state index in [-0.39, 0.29) is 6.03 Å². The lowest BCUT2D eigenvalue weighted by atomic mass is 10.2. The second kappa shape index (κ2) is 6.52. The van der Waals surface area contributed by atoms with Gasteiger partial charge in [-0.25, -0.2) is 14.3 Å². The Morgan fingerprint density at radius 3 is 3.09 bits per heavy atom. The number of rotatable bonds is 6. The Morgan fingerprint density at radius 2 is 2.32 bits per heavy atom. The summed E-state index contributed by atoms with van der Waals surface area (Å²) in [5.74, 6) is 0.842. The van der Waals surface area contributed by atoms with Crippen LogP contribution in [-0.2, 0) is 6.42 Å². The second-order valence-corrected chi connectivity index (χ2v) is 6.27. The third kappa shape index (κ3) is 3.68. The number of carbonyl (C=O) groups excluding carboxylic acids is 1. The molecule has 0 bridgehead atoms. The SMILES string of the molecule is CN(CCC1CC1)C(=O)NCCc1cnc2c(Cl)cnn2c1. The molecule has 1 fully saturated rings. The van der Waals surface area contributed by atoms with E-state index in [0.29, 0.717) is 23.6 Å². The van der Waals surface area contributed by atoms with Gasteiger partial charge in [0.1, 0.15) is 5.02 Å². The summed E-state index contributed by atoms with van der Waals surface area (Å²) < 4.78 is 1.65. The van der Waals surface area contributed by atoms with Crippen LogP contribution < -0.4 is 5.32 Å². The fourth-order valence-corrected chi connectivity index (χ4v) is 2.53. The van der Waals surface area contributed by atoms with Gasteiger partial charge in [-0.3, -0.25) is 0 Å². The van der Waals surface area contributed by atoms with Crippen molar-refractivity contribution in [1.29, 1.82) is 0 Å². The highest BCUT2D eigenvalue weighted by Crippen LogP contribution is 2.32. The molecule has 0 aliphatic heterocycles. The molecular weight excluding hydrogens is 302 g/mol. The van der Waals surface area contributed by atoms with E-state index >= 15 is 0 Å². The van der Waals surface area contributed by atoms with Crippen LogP contribution in [0.1, 0.15) is 24.8 Å². The first-order valence-electron chi connectivity index (χ1n) is 7.60. The summed E-state index contributed by atoms with van der Waals surface area (Å²) in [5, 5.41) is 7.59. The molecule has 7 heteroatoms. The van der Waals surface area contributed by atoms with Crippen molar-refractivity contribution in [3.8, 4) is 0 Å². The van der Waals surface area contributed by atoms with E-state index in [1.807, 2.05) is 13.2 Å². The van der Waals surface area contributed by atoms with E-state index in [2.05, 4.69) is 15.4 Å². The quantitative estimate of drug-likeness (QED) is 0.888. The van der Waals surface area contributed by atoms with Gasteiger partial charge in [0.15, 0.2) is 5.65 Å². The molecule has 0 atom stereocenters. The summed E-state index contributed by atoms with van der Waals surface area (Å²) in [6.45, 7) is 1.41. The van der Waals surface area contributed by atoms with E-state index in [9.17, 15) is 4.79 Å². The van der Waals surface area contributed by atoms with Crippen molar-refractivity contribution in [3.63, 3.8) is 0 Å². The lowest BCUT2D eigenvalue weighted by Crippen LogP contribution is -2.38. The van der Waals surface area contributed by atoms with Crippen molar-refractivity contribution < 1.29 is 4.79 Å². The molecule has 1 N–H and O–H groups in total. The Labute approximate surface area is 134 Å². The van der Waals surface area contributed by atoms with E-state index in [1.54, 1.807) is 21.8 Å². The summed E-state index contributed by atoms with van der Waals surface area (Å²) in [7, 11) is 1.84. The predicted molar refractivity (Wildman–Crippen MR) is 85.1 cm³/mol. The van der Waals surface area contributed by atoms with Crippen molar-refractivity contribution in [1.82, 2.24) is 24.8 Å². The molecule has 0 aromatic carbocycles. The first kappa shape index (κ1) is 15.1. The number of hydrogen-bond acceptors (Lipinski definition) is 3. The summed E-state index contributed by atoms with van der Waals surface area (Å²) in [6, 6.07) is -0.0168. The molecule has 1 saturated carbocycles. The second-order valence-electron chi connectivity index (χ2n) is 5.86. The molecule has 2 heterocycles. The maximum absolute atomic E-state index is 11.9. The smallest absolute Gasteiger partial charge is 0.317 e. The fraction of sp³-hybridized carbons (Fsp3) is 0.533. The van der Waals surface area contributed by atoms with Crippen molar-refractivity contribution in [2.45, 2.75) is 25.7 Å². The van der Waals surface area contributed by atoms with Crippen LogP contribution >= 0.6 is 11.6 Å². The minimum Gasteiger partial charge on any atom is -0.338 e. The molecular formula is C15H20ClN5O. The molecule has 2 amide bonds. The zero-order valence-electron chi connectivity index (χ0n) is 12.6. The van der Waals surface area contributed by atoms with Gasteiger partial charge in [0.2, 0.25) is 0 Å². The third-order valence-electron chi connectivity index (χ3n) is 3.97. The maximum atomic E-state index is 11.9. The number of halogens is 1. The van der Waals surface area contributed by atoms with Crippen molar-refractivity contribution in [2.75, 3.05) is 20.1 Å². The first-order chi connectivity index (χ1) is 10.6. The Morgan fingerprint density at radius 1 is 1.50 bits per heavy atom. The van der Waals surface area contributed by atoms with E-state index in [4.69, 9.17) is 11.6 Å². The number of amides is 2. The van der Waals surface area contributed by atoms with Gasteiger partial charge in [0.05, 0.1) is 6.20 Å². The first-order valence-corrected chi connectivity index (χ1v) is 7.98. The number of nitrogens with one attached hydrogen (secondary N) is 1. The zero-order chi connectivity index (χ0) is 15.5. The average molecular weight is 322 g/mol. The highest BCUT2D eigenvalue weighted by molar-refractivity contribution is 6.33. The van der Waals surface area contributed by atoms with Crippen LogP contribution in [0.25, 0.3) is 5.65 Å². The Bertz CT molecular complexity index is 667. The fourth-order valence-electron chi connectivity index (χ4n) is 2.35. The van der Waals surface area contributed by atoms with Crippen LogP contribution in [0.4, 0.5) is 4.79 Å². The number of fused-ring (bicyclic) bond motifs is 1. The molecule has 0 spiro atoms. The van der Waals surface area contributed by atoms with E-state index < -0.39 is 0 Å². The van der Waals surface area contributed by atoms with Gasteiger partial charge in [-0.15, -0.1) is 0 Å². The van der Waals surface area contributed by atoms with Crippen molar-refractivity contribution in [3.05, 3.63) is 29.2 Å². The minimum absolute atomic E-state index is 0.0168. The van der Waals surface area contributed by atoms with Gasteiger partial charge in [0.25, 0.3) is 0 Å². The molecule has 22 heavy (non-hydrogen) atoms. The molecule has 0 unspecified atom stereocenters. The summed E-state index contributed by atoms with van der Waals surface area (Å²) in [5.41, 5.74) is 1.66. The molecule has 0 radical (unpaired) electrons. The molecule has 2 aromatic rings. The van der Waals surface area contributed by atoms with Gasteiger partial charge in [-0.2, -0.15) is 5.10 Å². The Balaban J connectivity index is 1.45. The third-order valence-corrected chi connectivity index (χ3v) is 4.24. The predicted octanol–water partition coefficient (Wildman–Crippen LogP) is 2.37. The number of urea groups is 1. The highest BCUT2D eigenvalue weighted by atomic mass is 35.5. The van der Waals surface area contributed by atoms with Gasteiger partial charge >= 0.3 is 6.03 Å². The monoisotopic (exact) mass is 321 g/mol. The van der Waals surface area contributed by atoms with Crippen LogP contribution in [-0.4, -0.2) is 45.7 Å². The number of nitrogens with zero attached hydrogens (tertiary/aromatic N) is 4. The van der Waals surface area contributed by atoms with Crippen LogP contribution in [0.5, 0.6) is 0 Å². The molecule has 0 saturated heterocycles. The average Bonchev–Trinajstić information content (AvgIpc) is 3.28. The van der Waals surface area contributed by atoms with Gasteiger partial charge in [-0.1, -0.05) is 24.4 Å². The number of aromatic nitrogens is 3. The highest BCUT2D eigenvalue weighted by Gasteiger charge is 2.22. The number of carbonyl (C=O) groups is 1. The maximum Gasteiger partial charge on any atom is 0.317 e. The van der Waals surface area contributed by atoms with Crippen LogP contribution in [0, 0.1) is 5.92 Å². The van der Waals surface area contributed by atoms with Crippen LogP contribution in [0.15, 0.2) is 18.6 Å². The molecule has 118 valence electrons. The molecule has 1 aliphatic carbocycles. The Hall–Kier alpha value is -1.82. The number of hydrogen-bond donors (Lipinski definition) is 1. The molecule has 3 rings (SSSR count). The van der Waals surface area contributed by atoms with Crippen molar-refractivity contribution >= 4 is 23.3 Å². The van der Waals surface area contributed by atoms with Gasteiger partial charge < -0.3 is 10.2 Å². The van der Waals surface area contributed by atoms with E-state index in [0.717, 1.165) is 24.4 Å². The lowest BCUT2D eigenvalue weighted by Gasteiger charge is -2.17. The van der Waals surface area contributed by atoms with E-state index in [1.165, 1.54) is 12.8 Å². The Kier molecular flexibility index (Phi) is 4.47. The van der Waals surface area contributed by atoms with Gasteiger partial charge in [-0.05, 0) is 24.3 Å². The normalized spacial score (nSPS) is 14.3. The lowest BCUT2D eigenvalue weighted by molar-refractivity contribution is 0.207. The molecule has 6 nitrogen and oxygen atoms in total. The van der Waals surface area contributed by atoms with Gasteiger partial charge in [0, 0.05) is 32.5 Å². The zero-order valence-corrected chi connectivity index (χ0v) is 13.4. The summed E-state index contributed by atoms with van der Waals surface area (Å²) in [6.07, 6.45) is 9.70. The van der Waals surface area contributed by atoms with Crippen LogP contribution in [0.3, 0.4) is 0 Å². The summed E-state index contributed by atoms with van der Waals surface area (Å²) >= 11 is 5.95. The molecule has 2 aromatic heterocycles. The largest absolute Gasteiger partial charge is 0.338 e. The molecule has 1 aliphatic rings. The minimum atomic E-state index is -0.0168.